The Kier molecular flexibility index (Phi) is 2.66. The lowest BCUT2D eigenvalue weighted by Gasteiger charge is -2.03. The van der Waals surface area contributed by atoms with Gasteiger partial charge < -0.3 is 5.11 Å². The number of carbonyl (C=O) groups excluding carboxylic acids is 1. The molecule has 0 aliphatic carbocycles. The monoisotopic (exact) mass is 289 g/mol. The van der Waals surface area contributed by atoms with E-state index in [4.69, 9.17) is 0 Å². The smallest absolute Gasteiger partial charge is 0.198 e. The lowest BCUT2D eigenvalue weighted by Crippen LogP contribution is -2.04. The average molecular weight is 289 g/mol. The van der Waals surface area contributed by atoms with Gasteiger partial charge in [-0.15, -0.1) is 0 Å². The summed E-state index contributed by atoms with van der Waals surface area (Å²) in [5.74, 6) is -0.318. The van der Waals surface area contributed by atoms with Crippen molar-refractivity contribution in [1.29, 1.82) is 0 Å². The molecule has 5 heteroatoms. The molecule has 0 radical (unpaired) electrons. The lowest BCUT2D eigenvalue weighted by atomic mass is 10.0. The fourth-order valence-corrected chi connectivity index (χ4v) is 2.49. The second-order valence-corrected chi connectivity index (χ2v) is 4.96. The summed E-state index contributed by atoms with van der Waals surface area (Å²) in [7, 11) is 0. The SMILES string of the molecule is O=C(c1cnn2c(c1)nc1ccccc12)c1ccccc1O. The molecule has 0 bridgehead atoms. The van der Waals surface area contributed by atoms with Gasteiger partial charge in [-0.1, -0.05) is 24.3 Å². The van der Waals surface area contributed by atoms with Crippen molar-refractivity contribution in [1.82, 2.24) is 14.6 Å². The molecule has 4 aromatic rings. The number of carbonyl (C=O) groups is 1. The number of aromatic nitrogens is 3. The largest absolute Gasteiger partial charge is 0.507 e. The molecule has 1 N–H and O–H groups in total. The Morgan fingerprint density at radius 3 is 2.68 bits per heavy atom. The number of rotatable bonds is 2. The second-order valence-electron chi connectivity index (χ2n) is 4.96. The first-order valence-electron chi connectivity index (χ1n) is 6.80. The molecule has 22 heavy (non-hydrogen) atoms. The highest BCUT2D eigenvalue weighted by molar-refractivity contribution is 6.11. The summed E-state index contributed by atoms with van der Waals surface area (Å²) >= 11 is 0. The minimum absolute atomic E-state index is 0.0409. The Morgan fingerprint density at radius 1 is 1.05 bits per heavy atom. The van der Waals surface area contributed by atoms with Crippen molar-refractivity contribution in [2.45, 2.75) is 0 Å². The van der Waals surface area contributed by atoms with Crippen LogP contribution in [0.15, 0.2) is 60.8 Å². The van der Waals surface area contributed by atoms with E-state index in [1.807, 2.05) is 24.3 Å². The standard InChI is InChI=1S/C17H11N3O2/c21-15-8-4-1-5-12(15)17(22)11-9-16-19-13-6-2-3-7-14(13)20(16)18-10-11/h1-10,21H. The van der Waals surface area contributed by atoms with Gasteiger partial charge in [0, 0.05) is 5.56 Å². The van der Waals surface area contributed by atoms with Gasteiger partial charge in [-0.05, 0) is 30.3 Å². The van der Waals surface area contributed by atoms with Crippen LogP contribution < -0.4 is 0 Å². The van der Waals surface area contributed by atoms with Gasteiger partial charge in [-0.25, -0.2) is 9.50 Å². The van der Waals surface area contributed by atoms with Gasteiger partial charge in [-0.2, -0.15) is 5.10 Å². The molecule has 0 atom stereocenters. The third-order valence-corrected chi connectivity index (χ3v) is 3.57. The summed E-state index contributed by atoms with van der Waals surface area (Å²) in [5, 5.41) is 14.1. The van der Waals surface area contributed by atoms with E-state index < -0.39 is 0 Å². The molecule has 5 nitrogen and oxygen atoms in total. The van der Waals surface area contributed by atoms with Gasteiger partial charge in [0.15, 0.2) is 11.4 Å². The number of para-hydroxylation sites is 3. The molecule has 0 unspecified atom stereocenters. The summed E-state index contributed by atoms with van der Waals surface area (Å²) in [6, 6.07) is 15.8. The molecule has 0 amide bonds. The molecule has 2 heterocycles. The first-order chi connectivity index (χ1) is 10.7. The number of fused-ring (bicyclic) bond motifs is 3. The molecule has 0 saturated heterocycles. The van der Waals surface area contributed by atoms with Gasteiger partial charge in [0.05, 0.1) is 22.8 Å². The van der Waals surface area contributed by atoms with E-state index in [-0.39, 0.29) is 17.1 Å². The van der Waals surface area contributed by atoms with E-state index in [1.54, 1.807) is 28.8 Å². The van der Waals surface area contributed by atoms with E-state index in [1.165, 1.54) is 12.3 Å². The summed E-state index contributed by atoms with van der Waals surface area (Å²) in [6.45, 7) is 0. The van der Waals surface area contributed by atoms with Gasteiger partial charge >= 0.3 is 0 Å². The zero-order valence-corrected chi connectivity index (χ0v) is 11.5. The molecule has 4 rings (SSSR count). The van der Waals surface area contributed by atoms with E-state index in [0.717, 1.165) is 11.0 Å². The molecule has 2 aromatic carbocycles. The predicted molar refractivity (Wildman–Crippen MR) is 82.0 cm³/mol. The lowest BCUT2D eigenvalue weighted by molar-refractivity contribution is 0.103. The number of nitrogens with zero attached hydrogens (tertiary/aromatic N) is 3. The topological polar surface area (TPSA) is 67.5 Å². The molecular formula is C17H11N3O2. The molecular weight excluding hydrogens is 278 g/mol. The number of hydrogen-bond acceptors (Lipinski definition) is 4. The van der Waals surface area contributed by atoms with Crippen LogP contribution in [-0.2, 0) is 0 Å². The molecule has 0 fully saturated rings. The van der Waals surface area contributed by atoms with Crippen LogP contribution >= 0.6 is 0 Å². The molecule has 0 spiro atoms. The quantitative estimate of drug-likeness (QED) is 0.576. The number of hydrogen-bond donors (Lipinski definition) is 1. The zero-order chi connectivity index (χ0) is 15.1. The third-order valence-electron chi connectivity index (χ3n) is 3.57. The summed E-state index contributed by atoms with van der Waals surface area (Å²) < 4.78 is 1.69. The van der Waals surface area contributed by atoms with E-state index in [0.29, 0.717) is 11.2 Å². The van der Waals surface area contributed by atoms with Gasteiger partial charge in [-0.3, -0.25) is 4.79 Å². The minimum atomic E-state index is -0.278. The van der Waals surface area contributed by atoms with Crippen molar-refractivity contribution in [2.24, 2.45) is 0 Å². The van der Waals surface area contributed by atoms with Crippen molar-refractivity contribution in [3.8, 4) is 5.75 Å². The van der Waals surface area contributed by atoms with E-state index in [9.17, 15) is 9.90 Å². The first kappa shape index (κ1) is 12.5. The van der Waals surface area contributed by atoms with Crippen LogP contribution in [0.1, 0.15) is 15.9 Å². The predicted octanol–water partition coefficient (Wildman–Crippen LogP) is 2.82. The number of aromatic hydroxyl groups is 1. The van der Waals surface area contributed by atoms with E-state index >= 15 is 0 Å². The number of ketones is 1. The zero-order valence-electron chi connectivity index (χ0n) is 11.5. The van der Waals surface area contributed by atoms with Crippen molar-refractivity contribution in [3.05, 3.63) is 71.9 Å². The maximum Gasteiger partial charge on any atom is 0.198 e. The molecule has 0 aliphatic heterocycles. The Hall–Kier alpha value is -3.21. The highest BCUT2D eigenvalue weighted by Gasteiger charge is 2.15. The van der Waals surface area contributed by atoms with Crippen molar-refractivity contribution in [3.63, 3.8) is 0 Å². The van der Waals surface area contributed by atoms with Crippen LogP contribution in [0, 0.1) is 0 Å². The summed E-state index contributed by atoms with van der Waals surface area (Å²) in [5.41, 5.74) is 2.96. The van der Waals surface area contributed by atoms with Crippen LogP contribution in [0.25, 0.3) is 16.7 Å². The fraction of sp³-hybridized carbons (Fsp3) is 0. The molecule has 2 aromatic heterocycles. The highest BCUT2D eigenvalue weighted by atomic mass is 16.3. The number of phenols is 1. The van der Waals surface area contributed by atoms with Crippen molar-refractivity contribution in [2.75, 3.05) is 0 Å². The van der Waals surface area contributed by atoms with Gasteiger partial charge in [0.25, 0.3) is 0 Å². The maximum absolute atomic E-state index is 12.5. The normalized spacial score (nSPS) is 11.1. The van der Waals surface area contributed by atoms with Crippen LogP contribution in [0.2, 0.25) is 0 Å². The van der Waals surface area contributed by atoms with Gasteiger partial charge in [0.1, 0.15) is 5.75 Å². The Labute approximate surface area is 125 Å². The van der Waals surface area contributed by atoms with Crippen LogP contribution in [0.5, 0.6) is 5.75 Å². The average Bonchev–Trinajstić information content (AvgIpc) is 2.92. The molecule has 0 aliphatic rings. The van der Waals surface area contributed by atoms with Crippen molar-refractivity contribution < 1.29 is 9.90 Å². The first-order valence-corrected chi connectivity index (χ1v) is 6.80. The summed E-state index contributed by atoms with van der Waals surface area (Å²) in [6.07, 6.45) is 1.50. The van der Waals surface area contributed by atoms with Crippen LogP contribution in [0.3, 0.4) is 0 Å². The highest BCUT2D eigenvalue weighted by Crippen LogP contribution is 2.21. The Morgan fingerprint density at radius 2 is 1.82 bits per heavy atom. The number of benzene rings is 2. The number of imidazole rings is 1. The molecule has 106 valence electrons. The van der Waals surface area contributed by atoms with Gasteiger partial charge in [0.2, 0.25) is 0 Å². The van der Waals surface area contributed by atoms with E-state index in [2.05, 4.69) is 10.1 Å². The minimum Gasteiger partial charge on any atom is -0.507 e. The third kappa shape index (κ3) is 1.83. The van der Waals surface area contributed by atoms with Crippen LogP contribution in [0.4, 0.5) is 0 Å². The Balaban J connectivity index is 1.88. The maximum atomic E-state index is 12.5. The second kappa shape index (κ2) is 4.66. The van der Waals surface area contributed by atoms with Crippen molar-refractivity contribution >= 4 is 22.5 Å². The fourth-order valence-electron chi connectivity index (χ4n) is 2.49. The Bertz CT molecular complexity index is 1020. The summed E-state index contributed by atoms with van der Waals surface area (Å²) in [4.78, 5) is 16.9. The number of phenolic OH excluding ortho intramolecular Hbond substituents is 1. The van der Waals surface area contributed by atoms with Crippen LogP contribution in [-0.4, -0.2) is 25.5 Å². The molecule has 0 saturated carbocycles.